The van der Waals surface area contributed by atoms with Crippen molar-refractivity contribution in [3.63, 3.8) is 0 Å². The Balaban J connectivity index is 1.61. The molecule has 1 aromatic heterocycles. The number of anilines is 2. The SMILES string of the molecule is CN(C)c1ncncc1N1CCC(C(=O)N2CCCCC2)CC1. The van der Waals surface area contributed by atoms with E-state index >= 15 is 0 Å². The van der Waals surface area contributed by atoms with Crippen LogP contribution in [0.2, 0.25) is 0 Å². The van der Waals surface area contributed by atoms with Crippen LogP contribution in [0, 0.1) is 5.92 Å². The van der Waals surface area contributed by atoms with E-state index in [0.717, 1.165) is 63.4 Å². The minimum Gasteiger partial charge on any atom is -0.367 e. The predicted octanol–water partition coefficient (Wildman–Crippen LogP) is 1.77. The van der Waals surface area contributed by atoms with Gasteiger partial charge in [-0.15, -0.1) is 0 Å². The molecule has 3 rings (SSSR count). The molecule has 23 heavy (non-hydrogen) atoms. The molecule has 0 N–H and O–H groups in total. The molecule has 2 aliphatic heterocycles. The number of carbonyl (C=O) groups excluding carboxylic acids is 1. The number of piperidine rings is 2. The number of nitrogens with zero attached hydrogens (tertiary/aromatic N) is 5. The van der Waals surface area contributed by atoms with Gasteiger partial charge >= 0.3 is 0 Å². The van der Waals surface area contributed by atoms with E-state index in [2.05, 4.69) is 19.8 Å². The van der Waals surface area contributed by atoms with E-state index in [9.17, 15) is 4.79 Å². The number of carbonyl (C=O) groups is 1. The fraction of sp³-hybridized carbons (Fsp3) is 0.706. The molecule has 126 valence electrons. The summed E-state index contributed by atoms with van der Waals surface area (Å²) in [5.74, 6) is 1.51. The number of amides is 1. The number of aromatic nitrogens is 2. The summed E-state index contributed by atoms with van der Waals surface area (Å²) in [6, 6.07) is 0. The van der Waals surface area contributed by atoms with Gasteiger partial charge in [-0.05, 0) is 32.1 Å². The maximum atomic E-state index is 12.6. The number of likely N-dealkylation sites (tertiary alicyclic amines) is 1. The zero-order valence-corrected chi connectivity index (χ0v) is 14.2. The Morgan fingerprint density at radius 1 is 1.13 bits per heavy atom. The third kappa shape index (κ3) is 3.57. The third-order valence-corrected chi connectivity index (χ3v) is 4.95. The molecule has 0 spiro atoms. The van der Waals surface area contributed by atoms with Crippen LogP contribution in [0.1, 0.15) is 32.1 Å². The molecule has 0 unspecified atom stereocenters. The zero-order chi connectivity index (χ0) is 16.2. The van der Waals surface area contributed by atoms with Crippen LogP contribution in [-0.4, -0.2) is 61.0 Å². The monoisotopic (exact) mass is 317 g/mol. The second kappa shape index (κ2) is 7.15. The number of rotatable bonds is 3. The first-order valence-corrected chi connectivity index (χ1v) is 8.68. The Morgan fingerprint density at radius 2 is 1.83 bits per heavy atom. The van der Waals surface area contributed by atoms with Gasteiger partial charge in [-0.25, -0.2) is 9.97 Å². The Kier molecular flexibility index (Phi) is 4.98. The smallest absolute Gasteiger partial charge is 0.225 e. The quantitative estimate of drug-likeness (QED) is 0.850. The predicted molar refractivity (Wildman–Crippen MR) is 91.7 cm³/mol. The molecule has 2 saturated heterocycles. The maximum Gasteiger partial charge on any atom is 0.225 e. The minimum absolute atomic E-state index is 0.191. The molecule has 6 nitrogen and oxygen atoms in total. The van der Waals surface area contributed by atoms with E-state index in [4.69, 9.17) is 0 Å². The normalized spacial score (nSPS) is 19.7. The van der Waals surface area contributed by atoms with Crippen molar-refractivity contribution in [2.24, 2.45) is 5.92 Å². The van der Waals surface area contributed by atoms with E-state index in [0.29, 0.717) is 5.91 Å². The second-order valence-electron chi connectivity index (χ2n) is 6.77. The first kappa shape index (κ1) is 16.0. The van der Waals surface area contributed by atoms with Crippen LogP contribution in [0.4, 0.5) is 11.5 Å². The van der Waals surface area contributed by atoms with Gasteiger partial charge in [-0.2, -0.15) is 0 Å². The highest BCUT2D eigenvalue weighted by molar-refractivity contribution is 5.79. The highest BCUT2D eigenvalue weighted by Crippen LogP contribution is 2.29. The van der Waals surface area contributed by atoms with Gasteiger partial charge in [0, 0.05) is 46.2 Å². The van der Waals surface area contributed by atoms with Crippen LogP contribution in [-0.2, 0) is 4.79 Å². The largest absolute Gasteiger partial charge is 0.367 e. The summed E-state index contributed by atoms with van der Waals surface area (Å²) in [6.45, 7) is 3.71. The average Bonchev–Trinajstić information content (AvgIpc) is 2.62. The van der Waals surface area contributed by atoms with Gasteiger partial charge in [0.25, 0.3) is 0 Å². The highest BCUT2D eigenvalue weighted by atomic mass is 16.2. The number of hydrogen-bond acceptors (Lipinski definition) is 5. The van der Waals surface area contributed by atoms with Crippen LogP contribution in [0.5, 0.6) is 0 Å². The van der Waals surface area contributed by atoms with Crippen molar-refractivity contribution in [2.45, 2.75) is 32.1 Å². The summed E-state index contributed by atoms with van der Waals surface area (Å²) in [5.41, 5.74) is 1.07. The van der Waals surface area contributed by atoms with Crippen LogP contribution in [0.3, 0.4) is 0 Å². The third-order valence-electron chi connectivity index (χ3n) is 4.95. The van der Waals surface area contributed by atoms with Crippen LogP contribution >= 0.6 is 0 Å². The van der Waals surface area contributed by atoms with Crippen LogP contribution < -0.4 is 9.80 Å². The Morgan fingerprint density at radius 3 is 2.48 bits per heavy atom. The Labute approximate surface area is 138 Å². The van der Waals surface area contributed by atoms with E-state index in [1.54, 1.807) is 6.33 Å². The topological polar surface area (TPSA) is 52.6 Å². The lowest BCUT2D eigenvalue weighted by Crippen LogP contribution is -2.44. The molecule has 0 atom stereocenters. The number of hydrogen-bond donors (Lipinski definition) is 0. The highest BCUT2D eigenvalue weighted by Gasteiger charge is 2.30. The van der Waals surface area contributed by atoms with Gasteiger partial charge < -0.3 is 14.7 Å². The molecule has 6 heteroatoms. The lowest BCUT2D eigenvalue weighted by molar-refractivity contribution is -0.137. The van der Waals surface area contributed by atoms with Crippen LogP contribution in [0.15, 0.2) is 12.5 Å². The summed E-state index contributed by atoms with van der Waals surface area (Å²) >= 11 is 0. The lowest BCUT2D eigenvalue weighted by atomic mass is 9.94. The van der Waals surface area contributed by atoms with Crippen molar-refractivity contribution < 1.29 is 4.79 Å². The van der Waals surface area contributed by atoms with E-state index in [-0.39, 0.29) is 5.92 Å². The van der Waals surface area contributed by atoms with Gasteiger partial charge in [-0.3, -0.25) is 4.79 Å². The van der Waals surface area contributed by atoms with Gasteiger partial charge in [0.05, 0.1) is 11.9 Å². The van der Waals surface area contributed by atoms with Crippen molar-refractivity contribution in [2.75, 3.05) is 50.1 Å². The molecule has 0 radical (unpaired) electrons. The Bertz CT molecular complexity index is 534. The molecule has 0 bridgehead atoms. The fourth-order valence-electron chi connectivity index (χ4n) is 3.62. The summed E-state index contributed by atoms with van der Waals surface area (Å²) in [4.78, 5) is 27.6. The van der Waals surface area contributed by atoms with Crippen molar-refractivity contribution in [1.82, 2.24) is 14.9 Å². The van der Waals surface area contributed by atoms with Crippen LogP contribution in [0.25, 0.3) is 0 Å². The van der Waals surface area contributed by atoms with E-state index < -0.39 is 0 Å². The molecule has 2 aliphatic rings. The van der Waals surface area contributed by atoms with Crippen molar-refractivity contribution >= 4 is 17.4 Å². The van der Waals surface area contributed by atoms with Gasteiger partial charge in [0.2, 0.25) is 5.91 Å². The zero-order valence-electron chi connectivity index (χ0n) is 14.2. The second-order valence-corrected chi connectivity index (χ2v) is 6.77. The molecule has 3 heterocycles. The fourth-order valence-corrected chi connectivity index (χ4v) is 3.62. The summed E-state index contributed by atoms with van der Waals surface area (Å²) in [5, 5.41) is 0. The summed E-state index contributed by atoms with van der Waals surface area (Å²) in [7, 11) is 4.00. The molecule has 1 amide bonds. The first-order chi connectivity index (χ1) is 11.2. The first-order valence-electron chi connectivity index (χ1n) is 8.68. The standard InChI is InChI=1S/C17H27N5O/c1-20(2)16-15(12-18-13-19-16)21-10-6-14(7-11-21)17(23)22-8-4-3-5-9-22/h12-14H,3-11H2,1-2H3. The lowest BCUT2D eigenvalue weighted by Gasteiger charge is -2.37. The molecular formula is C17H27N5O. The van der Waals surface area contributed by atoms with E-state index in [1.807, 2.05) is 25.2 Å². The molecule has 1 aromatic rings. The van der Waals surface area contributed by atoms with Gasteiger partial charge in [-0.1, -0.05) is 0 Å². The molecular weight excluding hydrogens is 290 g/mol. The minimum atomic E-state index is 0.191. The van der Waals surface area contributed by atoms with Gasteiger partial charge in [0.15, 0.2) is 5.82 Å². The molecule has 0 aliphatic carbocycles. The molecule has 0 saturated carbocycles. The van der Waals surface area contributed by atoms with Crippen molar-refractivity contribution in [3.05, 3.63) is 12.5 Å². The van der Waals surface area contributed by atoms with E-state index in [1.165, 1.54) is 6.42 Å². The Hall–Kier alpha value is -1.85. The molecule has 2 fully saturated rings. The summed E-state index contributed by atoms with van der Waals surface area (Å²) < 4.78 is 0. The average molecular weight is 317 g/mol. The maximum absolute atomic E-state index is 12.6. The van der Waals surface area contributed by atoms with Gasteiger partial charge in [0.1, 0.15) is 6.33 Å². The van der Waals surface area contributed by atoms with Crippen molar-refractivity contribution in [3.8, 4) is 0 Å². The summed E-state index contributed by atoms with van der Waals surface area (Å²) in [6.07, 6.45) is 8.93. The molecule has 0 aromatic carbocycles. The van der Waals surface area contributed by atoms with Crippen molar-refractivity contribution in [1.29, 1.82) is 0 Å².